The van der Waals surface area contributed by atoms with Crippen LogP contribution in [-0.4, -0.2) is 24.7 Å². The lowest BCUT2D eigenvalue weighted by Crippen LogP contribution is -2.35. The van der Waals surface area contributed by atoms with Crippen molar-refractivity contribution in [2.75, 3.05) is 0 Å². The minimum Gasteiger partial charge on any atom is -0.480 e. The lowest BCUT2D eigenvalue weighted by molar-refractivity contribution is -0.137. The van der Waals surface area contributed by atoms with Crippen LogP contribution in [0, 0.1) is 12.8 Å². The van der Waals surface area contributed by atoms with Gasteiger partial charge in [0.05, 0.1) is 5.75 Å². The molecule has 0 spiro atoms. The van der Waals surface area contributed by atoms with Crippen LogP contribution in [0.5, 0.6) is 0 Å². The molecule has 1 rings (SSSR count). The first-order chi connectivity index (χ1) is 8.24. The number of rotatable bonds is 5. The molecule has 1 unspecified atom stereocenters. The average molecular weight is 270 g/mol. The Morgan fingerprint density at radius 3 is 2.39 bits per heavy atom. The summed E-state index contributed by atoms with van der Waals surface area (Å²) in [6.45, 7) is 5.08. The van der Waals surface area contributed by atoms with E-state index in [0.717, 1.165) is 5.56 Å². The molecule has 0 aliphatic carbocycles. The third-order valence-corrected chi connectivity index (χ3v) is 4.94. The molecule has 100 valence electrons. The summed E-state index contributed by atoms with van der Waals surface area (Å²) in [5, 5.41) is 7.68. The summed E-state index contributed by atoms with van der Waals surface area (Å²) >= 11 is 0. The van der Waals surface area contributed by atoms with Gasteiger partial charge in [0.25, 0.3) is 0 Å². The first kappa shape index (κ1) is 14.7. The number of carbonyl (C=O) groups is 1. The molecular weight excluding hydrogens is 252 g/mol. The highest BCUT2D eigenvalue weighted by atomic mass is 32.2. The summed E-state index contributed by atoms with van der Waals surface area (Å²) in [7, 11) is -3.69. The first-order valence-corrected chi connectivity index (χ1v) is 7.45. The Bertz CT molecular complexity index is 532. The molecule has 1 aromatic carbocycles. The van der Waals surface area contributed by atoms with E-state index in [4.69, 9.17) is 5.11 Å². The fraction of sp³-hybridized carbons (Fsp3) is 0.462. The summed E-state index contributed by atoms with van der Waals surface area (Å²) in [5.74, 6) is -1.96. The van der Waals surface area contributed by atoms with Gasteiger partial charge in [0.1, 0.15) is 0 Å². The van der Waals surface area contributed by atoms with E-state index in [1.807, 2.05) is 13.0 Å². The second-order valence-electron chi connectivity index (χ2n) is 4.80. The lowest BCUT2D eigenvalue weighted by atomic mass is 10.1. The number of hydrogen-bond acceptors (Lipinski definition) is 3. The summed E-state index contributed by atoms with van der Waals surface area (Å²) in [6.07, 6.45) is 0. The van der Waals surface area contributed by atoms with E-state index in [0.29, 0.717) is 5.56 Å². The fourth-order valence-corrected chi connectivity index (χ4v) is 3.94. The van der Waals surface area contributed by atoms with Crippen LogP contribution in [0.3, 0.4) is 0 Å². The van der Waals surface area contributed by atoms with Crippen LogP contribution in [0.25, 0.3) is 0 Å². The number of carboxylic acids is 1. The van der Waals surface area contributed by atoms with Gasteiger partial charge in [0.15, 0.2) is 15.1 Å². The van der Waals surface area contributed by atoms with Gasteiger partial charge >= 0.3 is 5.97 Å². The minimum absolute atomic E-state index is 0.232. The topological polar surface area (TPSA) is 71.4 Å². The molecule has 4 nitrogen and oxygen atoms in total. The molecule has 1 aromatic rings. The van der Waals surface area contributed by atoms with Gasteiger partial charge in [0.2, 0.25) is 0 Å². The van der Waals surface area contributed by atoms with Crippen molar-refractivity contribution in [3.8, 4) is 0 Å². The first-order valence-electron chi connectivity index (χ1n) is 5.74. The molecule has 0 fully saturated rings. The van der Waals surface area contributed by atoms with Gasteiger partial charge in [-0.2, -0.15) is 0 Å². The van der Waals surface area contributed by atoms with E-state index in [9.17, 15) is 13.2 Å². The van der Waals surface area contributed by atoms with Gasteiger partial charge in [-0.3, -0.25) is 4.79 Å². The van der Waals surface area contributed by atoms with Crippen LogP contribution >= 0.6 is 0 Å². The molecule has 1 N–H and O–H groups in total. The van der Waals surface area contributed by atoms with Crippen LogP contribution in [0.4, 0.5) is 0 Å². The van der Waals surface area contributed by atoms with E-state index in [-0.39, 0.29) is 5.75 Å². The molecule has 0 aromatic heterocycles. The van der Waals surface area contributed by atoms with Crippen LogP contribution in [0.15, 0.2) is 24.3 Å². The molecule has 0 radical (unpaired) electrons. The molecule has 0 saturated carbocycles. The number of benzene rings is 1. The highest BCUT2D eigenvalue weighted by molar-refractivity contribution is 7.92. The number of hydrogen-bond donors (Lipinski definition) is 1. The molecule has 0 aliphatic rings. The number of carboxylic acid groups (broad SMARTS) is 1. The van der Waals surface area contributed by atoms with E-state index in [2.05, 4.69) is 0 Å². The van der Waals surface area contributed by atoms with Crippen LogP contribution < -0.4 is 0 Å². The van der Waals surface area contributed by atoms with Crippen LogP contribution in [-0.2, 0) is 20.4 Å². The van der Waals surface area contributed by atoms with Crippen molar-refractivity contribution in [1.29, 1.82) is 0 Å². The fourth-order valence-electron chi connectivity index (χ4n) is 1.98. The van der Waals surface area contributed by atoms with Crippen molar-refractivity contribution in [2.45, 2.75) is 31.8 Å². The SMILES string of the molecule is Cc1cccc(CS(=O)(=O)C(C(=O)O)C(C)C)c1. The Balaban J connectivity index is 3.04. The second kappa shape index (κ2) is 5.52. The van der Waals surface area contributed by atoms with Gasteiger partial charge in [-0.05, 0) is 18.4 Å². The molecule has 0 amide bonds. The van der Waals surface area contributed by atoms with Gasteiger partial charge < -0.3 is 5.11 Å². The van der Waals surface area contributed by atoms with Crippen LogP contribution in [0.2, 0.25) is 0 Å². The maximum absolute atomic E-state index is 12.1. The van der Waals surface area contributed by atoms with Crippen molar-refractivity contribution in [3.63, 3.8) is 0 Å². The van der Waals surface area contributed by atoms with Gasteiger partial charge in [-0.15, -0.1) is 0 Å². The van der Waals surface area contributed by atoms with E-state index in [1.165, 1.54) is 0 Å². The maximum Gasteiger partial charge on any atom is 0.322 e. The minimum atomic E-state index is -3.69. The van der Waals surface area contributed by atoms with Crippen molar-refractivity contribution in [2.24, 2.45) is 5.92 Å². The summed E-state index contributed by atoms with van der Waals surface area (Å²) in [5.41, 5.74) is 1.58. The molecule has 0 bridgehead atoms. The highest BCUT2D eigenvalue weighted by Gasteiger charge is 2.35. The molecular formula is C13H18O4S. The zero-order chi connectivity index (χ0) is 13.9. The summed E-state index contributed by atoms with van der Waals surface area (Å²) < 4.78 is 24.2. The summed E-state index contributed by atoms with van der Waals surface area (Å²) in [6, 6.07) is 7.10. The van der Waals surface area contributed by atoms with Crippen molar-refractivity contribution in [1.82, 2.24) is 0 Å². The molecule has 1 atom stereocenters. The quantitative estimate of drug-likeness (QED) is 0.888. The monoisotopic (exact) mass is 270 g/mol. The largest absolute Gasteiger partial charge is 0.480 e. The van der Waals surface area contributed by atoms with Crippen molar-refractivity contribution >= 4 is 15.8 Å². The highest BCUT2D eigenvalue weighted by Crippen LogP contribution is 2.18. The Hall–Kier alpha value is -1.36. The Kier molecular flexibility index (Phi) is 4.51. The maximum atomic E-state index is 12.1. The predicted octanol–water partition coefficient (Wildman–Crippen LogP) is 2.02. The van der Waals surface area contributed by atoms with Crippen molar-refractivity contribution < 1.29 is 18.3 Å². The second-order valence-corrected chi connectivity index (χ2v) is 6.92. The third kappa shape index (κ3) is 3.57. The standard InChI is InChI=1S/C13H18O4S/c1-9(2)12(13(14)15)18(16,17)8-11-6-4-5-10(3)7-11/h4-7,9,12H,8H2,1-3H3,(H,14,15). The molecule has 0 aliphatic heterocycles. The Morgan fingerprint density at radius 1 is 1.33 bits per heavy atom. The average Bonchev–Trinajstić information content (AvgIpc) is 2.13. The van der Waals surface area contributed by atoms with E-state index < -0.39 is 27.0 Å². The Morgan fingerprint density at radius 2 is 1.94 bits per heavy atom. The third-order valence-electron chi connectivity index (χ3n) is 2.69. The zero-order valence-corrected chi connectivity index (χ0v) is 11.6. The van der Waals surface area contributed by atoms with Gasteiger partial charge in [-0.1, -0.05) is 43.7 Å². The number of aliphatic carboxylic acids is 1. The lowest BCUT2D eigenvalue weighted by Gasteiger charge is -2.17. The van der Waals surface area contributed by atoms with E-state index >= 15 is 0 Å². The van der Waals surface area contributed by atoms with Gasteiger partial charge in [-0.25, -0.2) is 8.42 Å². The number of sulfone groups is 1. The number of aryl methyl sites for hydroxylation is 1. The summed E-state index contributed by atoms with van der Waals surface area (Å²) in [4.78, 5) is 11.1. The Labute approximate surface area is 108 Å². The zero-order valence-electron chi connectivity index (χ0n) is 10.8. The van der Waals surface area contributed by atoms with Crippen molar-refractivity contribution in [3.05, 3.63) is 35.4 Å². The molecule has 18 heavy (non-hydrogen) atoms. The van der Waals surface area contributed by atoms with Crippen LogP contribution in [0.1, 0.15) is 25.0 Å². The molecule has 5 heteroatoms. The van der Waals surface area contributed by atoms with Gasteiger partial charge in [0, 0.05) is 0 Å². The molecule has 0 heterocycles. The smallest absolute Gasteiger partial charge is 0.322 e. The van der Waals surface area contributed by atoms with E-state index in [1.54, 1.807) is 32.0 Å². The molecule has 0 saturated heterocycles. The normalized spacial score (nSPS) is 13.6. The predicted molar refractivity (Wildman–Crippen MR) is 70.1 cm³/mol.